The smallest absolute Gasteiger partial charge is 0.408 e. The van der Waals surface area contributed by atoms with Crippen molar-refractivity contribution in [2.45, 2.75) is 39.3 Å². The van der Waals surface area contributed by atoms with Gasteiger partial charge in [-0.05, 0) is 45.4 Å². The van der Waals surface area contributed by atoms with Gasteiger partial charge in [-0.1, -0.05) is 0 Å². The molecule has 94 valence electrons. The molecule has 1 heterocycles. The maximum absolute atomic E-state index is 11.5. The summed E-state index contributed by atoms with van der Waals surface area (Å²) in [7, 11) is 0. The van der Waals surface area contributed by atoms with Crippen molar-refractivity contribution in [2.24, 2.45) is 0 Å². The summed E-state index contributed by atoms with van der Waals surface area (Å²) in [5.74, 6) is 0.431. The fraction of sp³-hybridized carbons (Fsp3) is 0.500. The van der Waals surface area contributed by atoms with Crippen LogP contribution in [0.2, 0.25) is 0 Å². The number of anilines is 1. The van der Waals surface area contributed by atoms with Gasteiger partial charge in [-0.15, -0.1) is 0 Å². The van der Waals surface area contributed by atoms with Crippen LogP contribution in [0.25, 0.3) is 0 Å². The topological polar surface area (TPSA) is 77.2 Å². The van der Waals surface area contributed by atoms with E-state index >= 15 is 0 Å². The molecule has 5 heteroatoms. The quantitative estimate of drug-likeness (QED) is 0.827. The molecule has 1 amide bonds. The van der Waals surface area contributed by atoms with Gasteiger partial charge in [0.05, 0.1) is 6.04 Å². The molecule has 1 aromatic heterocycles. The second kappa shape index (κ2) is 5.03. The molecule has 0 aliphatic rings. The van der Waals surface area contributed by atoms with Gasteiger partial charge in [-0.3, -0.25) is 0 Å². The lowest BCUT2D eigenvalue weighted by Gasteiger charge is -2.22. The normalized spacial score (nSPS) is 12.9. The van der Waals surface area contributed by atoms with Crippen LogP contribution in [0.5, 0.6) is 0 Å². The van der Waals surface area contributed by atoms with Crippen molar-refractivity contribution in [3.05, 3.63) is 23.9 Å². The summed E-state index contributed by atoms with van der Waals surface area (Å²) < 4.78 is 5.16. The lowest BCUT2D eigenvalue weighted by molar-refractivity contribution is 0.0508. The lowest BCUT2D eigenvalue weighted by Crippen LogP contribution is -2.34. The molecule has 0 bridgehead atoms. The predicted octanol–water partition coefficient (Wildman–Crippen LogP) is 2.25. The summed E-state index contributed by atoms with van der Waals surface area (Å²) in [5, 5.41) is 2.74. The van der Waals surface area contributed by atoms with Gasteiger partial charge in [0, 0.05) is 6.20 Å². The van der Waals surface area contributed by atoms with E-state index in [1.54, 1.807) is 18.3 Å². The largest absolute Gasteiger partial charge is 0.444 e. The third-order valence-electron chi connectivity index (χ3n) is 2.04. The van der Waals surface area contributed by atoms with E-state index in [-0.39, 0.29) is 6.04 Å². The minimum atomic E-state index is -0.499. The van der Waals surface area contributed by atoms with Crippen LogP contribution in [-0.4, -0.2) is 16.7 Å². The van der Waals surface area contributed by atoms with Gasteiger partial charge in [-0.2, -0.15) is 0 Å². The highest BCUT2D eigenvalue weighted by atomic mass is 16.6. The van der Waals surface area contributed by atoms with Gasteiger partial charge < -0.3 is 15.8 Å². The number of alkyl carbamates (subject to hydrolysis) is 1. The van der Waals surface area contributed by atoms with Crippen LogP contribution in [0.3, 0.4) is 0 Å². The Morgan fingerprint density at radius 2 is 2.18 bits per heavy atom. The zero-order valence-corrected chi connectivity index (χ0v) is 10.7. The van der Waals surface area contributed by atoms with Crippen LogP contribution in [0.4, 0.5) is 10.6 Å². The summed E-state index contributed by atoms with van der Waals surface area (Å²) in [5.41, 5.74) is 5.97. The summed E-state index contributed by atoms with van der Waals surface area (Å²) in [6, 6.07) is 3.36. The Morgan fingerprint density at radius 3 is 2.71 bits per heavy atom. The van der Waals surface area contributed by atoms with Gasteiger partial charge in [0.1, 0.15) is 11.4 Å². The SMILES string of the molecule is CC(NC(=O)OC(C)(C)C)c1ccnc(N)c1. The van der Waals surface area contributed by atoms with E-state index in [0.29, 0.717) is 5.82 Å². The van der Waals surface area contributed by atoms with Crippen LogP contribution in [-0.2, 0) is 4.74 Å². The Bertz CT molecular complexity index is 399. The second-order valence-corrected chi connectivity index (χ2v) is 4.88. The number of nitrogen functional groups attached to an aromatic ring is 1. The number of hydrogen-bond donors (Lipinski definition) is 2. The first-order chi connectivity index (χ1) is 7.78. The minimum Gasteiger partial charge on any atom is -0.444 e. The van der Waals surface area contributed by atoms with Crippen molar-refractivity contribution >= 4 is 11.9 Å². The highest BCUT2D eigenvalue weighted by molar-refractivity contribution is 5.68. The fourth-order valence-electron chi connectivity index (χ4n) is 1.30. The van der Waals surface area contributed by atoms with E-state index < -0.39 is 11.7 Å². The summed E-state index contributed by atoms with van der Waals surface area (Å²) >= 11 is 0. The van der Waals surface area contributed by atoms with Gasteiger partial charge in [0.2, 0.25) is 0 Å². The van der Waals surface area contributed by atoms with Crippen molar-refractivity contribution in [3.8, 4) is 0 Å². The Morgan fingerprint density at radius 1 is 1.53 bits per heavy atom. The van der Waals surface area contributed by atoms with Crippen molar-refractivity contribution < 1.29 is 9.53 Å². The molecule has 1 aromatic rings. The summed E-state index contributed by atoms with van der Waals surface area (Å²) in [6.45, 7) is 7.32. The lowest BCUT2D eigenvalue weighted by atomic mass is 10.1. The van der Waals surface area contributed by atoms with E-state index in [0.717, 1.165) is 5.56 Å². The van der Waals surface area contributed by atoms with E-state index in [9.17, 15) is 4.79 Å². The third-order valence-corrected chi connectivity index (χ3v) is 2.04. The number of nitrogens with one attached hydrogen (secondary N) is 1. The average Bonchev–Trinajstić information content (AvgIpc) is 2.14. The zero-order chi connectivity index (χ0) is 13.1. The molecule has 0 saturated heterocycles. The Labute approximate surface area is 101 Å². The van der Waals surface area contributed by atoms with Crippen LogP contribution in [0.1, 0.15) is 39.3 Å². The van der Waals surface area contributed by atoms with Gasteiger partial charge >= 0.3 is 6.09 Å². The van der Waals surface area contributed by atoms with Crippen molar-refractivity contribution in [3.63, 3.8) is 0 Å². The van der Waals surface area contributed by atoms with Crippen LogP contribution < -0.4 is 11.1 Å². The first-order valence-electron chi connectivity index (χ1n) is 5.49. The number of carbonyl (C=O) groups excluding carboxylic acids is 1. The molecule has 3 N–H and O–H groups in total. The number of pyridine rings is 1. The van der Waals surface area contributed by atoms with Crippen molar-refractivity contribution in [1.82, 2.24) is 10.3 Å². The standard InChI is InChI=1S/C12H19N3O2/c1-8(9-5-6-14-10(13)7-9)15-11(16)17-12(2,3)4/h5-8H,1-4H3,(H2,13,14)(H,15,16). The number of amides is 1. The number of rotatable bonds is 2. The molecule has 0 radical (unpaired) electrons. The molecule has 0 aromatic carbocycles. The monoisotopic (exact) mass is 237 g/mol. The van der Waals surface area contributed by atoms with Crippen LogP contribution in [0, 0.1) is 0 Å². The molecule has 1 atom stereocenters. The Balaban J connectivity index is 2.61. The van der Waals surface area contributed by atoms with E-state index in [4.69, 9.17) is 10.5 Å². The second-order valence-electron chi connectivity index (χ2n) is 4.88. The molecule has 1 rings (SSSR count). The van der Waals surface area contributed by atoms with Gasteiger partial charge in [0.25, 0.3) is 0 Å². The van der Waals surface area contributed by atoms with E-state index in [2.05, 4.69) is 10.3 Å². The highest BCUT2D eigenvalue weighted by Crippen LogP contribution is 2.14. The summed E-state index contributed by atoms with van der Waals surface area (Å²) in [6.07, 6.45) is 1.16. The molecule has 1 unspecified atom stereocenters. The predicted molar refractivity (Wildman–Crippen MR) is 66.4 cm³/mol. The van der Waals surface area contributed by atoms with Crippen molar-refractivity contribution in [1.29, 1.82) is 0 Å². The first kappa shape index (κ1) is 13.3. The maximum Gasteiger partial charge on any atom is 0.408 e. The number of carbonyl (C=O) groups is 1. The number of nitrogens with two attached hydrogens (primary N) is 1. The molecule has 0 saturated carbocycles. The van der Waals surface area contributed by atoms with Crippen LogP contribution >= 0.6 is 0 Å². The molecule has 0 spiro atoms. The number of aromatic nitrogens is 1. The number of ether oxygens (including phenoxy) is 1. The van der Waals surface area contributed by atoms with Gasteiger partial charge in [0.15, 0.2) is 0 Å². The summed E-state index contributed by atoms with van der Waals surface area (Å²) in [4.78, 5) is 15.4. The molecule has 5 nitrogen and oxygen atoms in total. The third kappa shape index (κ3) is 4.72. The van der Waals surface area contributed by atoms with Crippen LogP contribution in [0.15, 0.2) is 18.3 Å². The molecule has 0 fully saturated rings. The highest BCUT2D eigenvalue weighted by Gasteiger charge is 2.18. The van der Waals surface area contributed by atoms with E-state index in [1.165, 1.54) is 0 Å². The molecule has 0 aliphatic carbocycles. The molecule has 17 heavy (non-hydrogen) atoms. The first-order valence-corrected chi connectivity index (χ1v) is 5.49. The zero-order valence-electron chi connectivity index (χ0n) is 10.7. The molecule has 0 aliphatic heterocycles. The Kier molecular flexibility index (Phi) is 3.93. The van der Waals surface area contributed by atoms with E-state index in [1.807, 2.05) is 27.7 Å². The molecular weight excluding hydrogens is 218 g/mol. The van der Waals surface area contributed by atoms with Crippen molar-refractivity contribution in [2.75, 3.05) is 5.73 Å². The van der Waals surface area contributed by atoms with Gasteiger partial charge in [-0.25, -0.2) is 9.78 Å². The average molecular weight is 237 g/mol. The fourth-order valence-corrected chi connectivity index (χ4v) is 1.30. The number of nitrogens with zero attached hydrogens (tertiary/aromatic N) is 1. The maximum atomic E-state index is 11.5. The minimum absolute atomic E-state index is 0.171. The Hall–Kier alpha value is -1.78. The molecular formula is C12H19N3O2. The number of hydrogen-bond acceptors (Lipinski definition) is 4.